The van der Waals surface area contributed by atoms with Crippen molar-refractivity contribution in [2.24, 2.45) is 0 Å². The lowest BCUT2D eigenvalue weighted by Crippen LogP contribution is -2.32. The first kappa shape index (κ1) is 17.9. The number of rotatable bonds is 8. The van der Waals surface area contributed by atoms with Crippen LogP contribution >= 0.6 is 0 Å². The second kappa shape index (κ2) is 8.50. The van der Waals surface area contributed by atoms with E-state index in [1.807, 2.05) is 0 Å². The van der Waals surface area contributed by atoms with Gasteiger partial charge >= 0.3 is 0 Å². The van der Waals surface area contributed by atoms with Crippen molar-refractivity contribution in [3.8, 4) is 11.4 Å². The van der Waals surface area contributed by atoms with Crippen molar-refractivity contribution in [3.63, 3.8) is 0 Å². The van der Waals surface area contributed by atoms with E-state index in [-0.39, 0.29) is 0 Å². The largest absolute Gasteiger partial charge is 0.451 e. The third-order valence-electron chi connectivity index (χ3n) is 5.18. The smallest absolute Gasteiger partial charge is 0.181 e. The molecule has 0 unspecified atom stereocenters. The van der Waals surface area contributed by atoms with Crippen molar-refractivity contribution >= 4 is 0 Å². The van der Waals surface area contributed by atoms with Crippen LogP contribution in [0.3, 0.4) is 0 Å². The monoisotopic (exact) mass is 366 g/mol. The Kier molecular flexibility index (Phi) is 5.65. The number of aryl methyl sites for hydroxylation is 1. The molecule has 0 aliphatic carbocycles. The summed E-state index contributed by atoms with van der Waals surface area (Å²) in [6.45, 7) is 4.51. The summed E-state index contributed by atoms with van der Waals surface area (Å²) in [5.41, 5.74) is 5.76. The summed E-state index contributed by atoms with van der Waals surface area (Å²) >= 11 is 0. The van der Waals surface area contributed by atoms with E-state index < -0.39 is 0 Å². The van der Waals surface area contributed by atoms with E-state index in [0.717, 1.165) is 56.8 Å². The van der Waals surface area contributed by atoms with Gasteiger partial charge in [0.1, 0.15) is 17.7 Å². The molecule has 1 aliphatic rings. The quantitative estimate of drug-likeness (QED) is 0.613. The van der Waals surface area contributed by atoms with Gasteiger partial charge in [-0.2, -0.15) is 5.10 Å². The topological polar surface area (TPSA) is 56.3 Å². The Balaban J connectivity index is 1.46. The Hall–Kier alpha value is -2.44. The SMILES string of the molecule is COCCn1nc(-c2cocn2)c2c1CCN(CCCc1ccccc1)C2. The molecule has 6 nitrogen and oxygen atoms in total. The lowest BCUT2D eigenvalue weighted by atomic mass is 10.0. The minimum absolute atomic E-state index is 0.660. The van der Waals surface area contributed by atoms with E-state index in [2.05, 4.69) is 44.9 Å². The lowest BCUT2D eigenvalue weighted by Gasteiger charge is -2.27. The number of aromatic nitrogens is 3. The van der Waals surface area contributed by atoms with Crippen LogP contribution in [-0.2, 0) is 30.7 Å². The first-order valence-corrected chi connectivity index (χ1v) is 9.57. The number of hydrogen-bond acceptors (Lipinski definition) is 5. The van der Waals surface area contributed by atoms with E-state index in [9.17, 15) is 0 Å². The van der Waals surface area contributed by atoms with Gasteiger partial charge in [0.25, 0.3) is 0 Å². The standard InChI is InChI=1S/C21H26N4O2/c1-26-13-12-25-20-9-11-24(10-5-8-17-6-3-2-4-7-17)14-18(20)21(23-25)19-15-27-16-22-19/h2-4,6-7,15-16H,5,8-14H2,1H3. The highest BCUT2D eigenvalue weighted by molar-refractivity contribution is 5.59. The van der Waals surface area contributed by atoms with Crippen molar-refractivity contribution in [2.75, 3.05) is 26.8 Å². The molecule has 0 bridgehead atoms. The second-order valence-corrected chi connectivity index (χ2v) is 6.98. The summed E-state index contributed by atoms with van der Waals surface area (Å²) in [6, 6.07) is 10.7. The van der Waals surface area contributed by atoms with Gasteiger partial charge in [0, 0.05) is 37.9 Å². The van der Waals surface area contributed by atoms with Crippen molar-refractivity contribution in [1.29, 1.82) is 0 Å². The average Bonchev–Trinajstić information content (AvgIpc) is 3.35. The summed E-state index contributed by atoms with van der Waals surface area (Å²) < 4.78 is 12.5. The summed E-state index contributed by atoms with van der Waals surface area (Å²) in [4.78, 5) is 6.85. The highest BCUT2D eigenvalue weighted by Crippen LogP contribution is 2.29. The van der Waals surface area contributed by atoms with Gasteiger partial charge < -0.3 is 9.15 Å². The second-order valence-electron chi connectivity index (χ2n) is 6.98. The van der Waals surface area contributed by atoms with Crippen LogP contribution in [0.1, 0.15) is 23.2 Å². The number of hydrogen-bond donors (Lipinski definition) is 0. The molecule has 0 fully saturated rings. The Labute approximate surface area is 159 Å². The number of methoxy groups -OCH3 is 1. The van der Waals surface area contributed by atoms with Crippen LogP contribution in [0.2, 0.25) is 0 Å². The molecular weight excluding hydrogens is 340 g/mol. The third-order valence-corrected chi connectivity index (χ3v) is 5.18. The van der Waals surface area contributed by atoms with Gasteiger partial charge in [-0.25, -0.2) is 4.98 Å². The summed E-state index contributed by atoms with van der Waals surface area (Å²) in [7, 11) is 1.73. The summed E-state index contributed by atoms with van der Waals surface area (Å²) in [5.74, 6) is 0. The van der Waals surface area contributed by atoms with Crippen LogP contribution in [0.25, 0.3) is 11.4 Å². The van der Waals surface area contributed by atoms with Crippen molar-refractivity contribution in [3.05, 3.63) is 59.8 Å². The number of oxazole rings is 1. The van der Waals surface area contributed by atoms with Gasteiger partial charge in [0.05, 0.1) is 13.2 Å². The highest BCUT2D eigenvalue weighted by atomic mass is 16.5. The molecule has 27 heavy (non-hydrogen) atoms. The number of fused-ring (bicyclic) bond motifs is 1. The molecule has 0 saturated carbocycles. The van der Waals surface area contributed by atoms with Crippen LogP contribution in [0.5, 0.6) is 0 Å². The van der Waals surface area contributed by atoms with Crippen LogP contribution in [0, 0.1) is 0 Å². The predicted molar refractivity (Wildman–Crippen MR) is 103 cm³/mol. The molecule has 142 valence electrons. The molecule has 1 aliphatic heterocycles. The van der Waals surface area contributed by atoms with E-state index in [1.165, 1.54) is 23.2 Å². The fraction of sp³-hybridized carbons (Fsp3) is 0.429. The Morgan fingerprint density at radius 1 is 1.19 bits per heavy atom. The normalized spacial score (nSPS) is 14.4. The molecule has 0 radical (unpaired) electrons. The number of ether oxygens (including phenoxy) is 1. The summed E-state index contributed by atoms with van der Waals surface area (Å²) in [5, 5.41) is 4.82. The zero-order chi connectivity index (χ0) is 18.5. The molecule has 0 saturated heterocycles. The lowest BCUT2D eigenvalue weighted by molar-refractivity contribution is 0.181. The fourth-order valence-electron chi connectivity index (χ4n) is 3.79. The minimum atomic E-state index is 0.660. The van der Waals surface area contributed by atoms with Gasteiger partial charge in [0.15, 0.2) is 6.39 Å². The first-order valence-electron chi connectivity index (χ1n) is 9.57. The molecule has 3 aromatic rings. The maximum atomic E-state index is 5.25. The molecule has 4 rings (SSSR count). The average molecular weight is 366 g/mol. The molecule has 6 heteroatoms. The van der Waals surface area contributed by atoms with Crippen LogP contribution in [0.15, 0.2) is 47.4 Å². The number of nitrogens with zero attached hydrogens (tertiary/aromatic N) is 4. The molecule has 0 amide bonds. The van der Waals surface area contributed by atoms with Crippen LogP contribution in [0.4, 0.5) is 0 Å². The molecule has 0 atom stereocenters. The Morgan fingerprint density at radius 3 is 2.85 bits per heavy atom. The zero-order valence-corrected chi connectivity index (χ0v) is 15.8. The fourth-order valence-corrected chi connectivity index (χ4v) is 3.79. The molecule has 1 aromatic carbocycles. The predicted octanol–water partition coefficient (Wildman–Crippen LogP) is 3.18. The maximum Gasteiger partial charge on any atom is 0.181 e. The molecule has 0 spiro atoms. The maximum absolute atomic E-state index is 5.25. The molecular formula is C21H26N4O2. The van der Waals surface area contributed by atoms with E-state index in [4.69, 9.17) is 14.3 Å². The minimum Gasteiger partial charge on any atom is -0.451 e. The van der Waals surface area contributed by atoms with Crippen molar-refractivity contribution in [1.82, 2.24) is 19.7 Å². The third kappa shape index (κ3) is 4.12. The van der Waals surface area contributed by atoms with Crippen molar-refractivity contribution < 1.29 is 9.15 Å². The Bertz CT molecular complexity index is 843. The number of benzene rings is 1. The van der Waals surface area contributed by atoms with Crippen molar-refractivity contribution in [2.45, 2.75) is 32.4 Å². The summed E-state index contributed by atoms with van der Waals surface area (Å²) in [6.07, 6.45) is 6.44. The van der Waals surface area contributed by atoms with Gasteiger partial charge in [-0.1, -0.05) is 30.3 Å². The van der Waals surface area contributed by atoms with Crippen LogP contribution < -0.4 is 0 Å². The van der Waals surface area contributed by atoms with E-state index in [1.54, 1.807) is 13.4 Å². The highest BCUT2D eigenvalue weighted by Gasteiger charge is 2.26. The zero-order valence-electron chi connectivity index (χ0n) is 15.8. The molecule has 2 aromatic heterocycles. The molecule has 3 heterocycles. The first-order chi connectivity index (χ1) is 13.3. The van der Waals surface area contributed by atoms with Gasteiger partial charge in [-0.15, -0.1) is 0 Å². The van der Waals surface area contributed by atoms with Gasteiger partial charge in [0.2, 0.25) is 0 Å². The molecule has 0 N–H and O–H groups in total. The van der Waals surface area contributed by atoms with Gasteiger partial charge in [-0.3, -0.25) is 9.58 Å². The van der Waals surface area contributed by atoms with E-state index >= 15 is 0 Å². The van der Waals surface area contributed by atoms with Crippen LogP contribution in [-0.4, -0.2) is 46.5 Å². The van der Waals surface area contributed by atoms with Gasteiger partial charge in [-0.05, 0) is 24.9 Å². The van der Waals surface area contributed by atoms with E-state index in [0.29, 0.717) is 6.61 Å². The Morgan fingerprint density at radius 2 is 2.07 bits per heavy atom.